The number of likely N-dealkylation sites (N-methyl/N-ethyl adjacent to an activating group) is 1. The lowest BCUT2D eigenvalue weighted by atomic mass is 9.91. The van der Waals surface area contributed by atoms with Gasteiger partial charge in [-0.15, -0.1) is 0 Å². The van der Waals surface area contributed by atoms with Gasteiger partial charge in [0.2, 0.25) is 0 Å². The number of nitrogens with zero attached hydrogens (tertiary/aromatic N) is 1. The molecule has 1 atom stereocenters. The number of aliphatic hydroxyl groups is 1. The Bertz CT molecular complexity index is 253. The van der Waals surface area contributed by atoms with E-state index in [0.29, 0.717) is 0 Å². The Hall–Kier alpha value is -0.160. The SMILES string of the molecule is CCNC(CC)(CO)CCCN1CCOC(C)(C)C1. The molecule has 114 valence electrons. The number of hydrogen-bond donors (Lipinski definition) is 2. The summed E-state index contributed by atoms with van der Waals surface area (Å²) in [4.78, 5) is 2.48. The fraction of sp³-hybridized carbons (Fsp3) is 1.00. The summed E-state index contributed by atoms with van der Waals surface area (Å²) in [6.07, 6.45) is 3.13. The second-order valence-corrected chi connectivity index (χ2v) is 6.31. The van der Waals surface area contributed by atoms with Crippen LogP contribution in [0.15, 0.2) is 0 Å². The molecule has 1 fully saturated rings. The van der Waals surface area contributed by atoms with E-state index in [4.69, 9.17) is 4.74 Å². The predicted molar refractivity (Wildman–Crippen MR) is 79.5 cm³/mol. The Balaban J connectivity index is 2.35. The molecule has 0 saturated carbocycles. The molecule has 0 aromatic rings. The Labute approximate surface area is 118 Å². The molecule has 4 nitrogen and oxygen atoms in total. The fourth-order valence-electron chi connectivity index (χ4n) is 2.96. The van der Waals surface area contributed by atoms with Gasteiger partial charge >= 0.3 is 0 Å². The van der Waals surface area contributed by atoms with Gasteiger partial charge in [0, 0.05) is 18.6 Å². The van der Waals surface area contributed by atoms with E-state index in [0.717, 1.165) is 52.0 Å². The first-order valence-corrected chi connectivity index (χ1v) is 7.69. The average molecular weight is 272 g/mol. The van der Waals surface area contributed by atoms with Crippen molar-refractivity contribution in [2.75, 3.05) is 39.4 Å². The summed E-state index contributed by atoms with van der Waals surface area (Å²) in [5.41, 5.74) is -0.102. The van der Waals surface area contributed by atoms with E-state index in [1.807, 2.05) is 0 Å². The number of aliphatic hydroxyl groups excluding tert-OH is 1. The lowest BCUT2D eigenvalue weighted by molar-refractivity contribution is -0.0864. The lowest BCUT2D eigenvalue weighted by Crippen LogP contribution is -2.50. The first-order valence-electron chi connectivity index (χ1n) is 7.69. The molecule has 0 radical (unpaired) electrons. The van der Waals surface area contributed by atoms with Gasteiger partial charge in [-0.05, 0) is 46.2 Å². The number of hydrogen-bond acceptors (Lipinski definition) is 4. The van der Waals surface area contributed by atoms with Crippen molar-refractivity contribution in [3.05, 3.63) is 0 Å². The molecule has 1 aliphatic rings. The minimum atomic E-state index is -0.0868. The first-order chi connectivity index (χ1) is 8.97. The van der Waals surface area contributed by atoms with Crippen LogP contribution in [0.3, 0.4) is 0 Å². The molecule has 0 aromatic carbocycles. The molecule has 0 spiro atoms. The Morgan fingerprint density at radius 2 is 2.11 bits per heavy atom. The Kier molecular flexibility index (Phi) is 6.74. The third-order valence-corrected chi connectivity index (χ3v) is 4.17. The van der Waals surface area contributed by atoms with E-state index in [9.17, 15) is 5.11 Å². The maximum Gasteiger partial charge on any atom is 0.0753 e. The summed E-state index contributed by atoms with van der Waals surface area (Å²) in [6, 6.07) is 0. The summed E-state index contributed by atoms with van der Waals surface area (Å²) in [7, 11) is 0. The summed E-state index contributed by atoms with van der Waals surface area (Å²) in [5.74, 6) is 0. The second-order valence-electron chi connectivity index (χ2n) is 6.31. The molecular formula is C15H32N2O2. The van der Waals surface area contributed by atoms with E-state index in [1.54, 1.807) is 0 Å². The van der Waals surface area contributed by atoms with Crippen LogP contribution < -0.4 is 5.32 Å². The van der Waals surface area contributed by atoms with Crippen molar-refractivity contribution in [1.82, 2.24) is 10.2 Å². The summed E-state index contributed by atoms with van der Waals surface area (Å²) < 4.78 is 5.73. The van der Waals surface area contributed by atoms with Gasteiger partial charge in [-0.3, -0.25) is 4.90 Å². The molecule has 0 amide bonds. The highest BCUT2D eigenvalue weighted by Crippen LogP contribution is 2.20. The van der Waals surface area contributed by atoms with Crippen LogP contribution >= 0.6 is 0 Å². The van der Waals surface area contributed by atoms with Crippen LogP contribution in [-0.2, 0) is 4.74 Å². The standard InChI is InChI=1S/C15H32N2O2/c1-5-15(13-18,16-6-2)8-7-9-17-10-11-19-14(3,4)12-17/h16,18H,5-13H2,1-4H3. The molecule has 1 heterocycles. The van der Waals surface area contributed by atoms with Gasteiger partial charge < -0.3 is 15.2 Å². The minimum Gasteiger partial charge on any atom is -0.394 e. The topological polar surface area (TPSA) is 44.7 Å². The van der Waals surface area contributed by atoms with Crippen LogP contribution in [0.25, 0.3) is 0 Å². The van der Waals surface area contributed by atoms with Gasteiger partial charge in [0.15, 0.2) is 0 Å². The Morgan fingerprint density at radius 1 is 1.37 bits per heavy atom. The second kappa shape index (κ2) is 7.58. The third kappa shape index (κ3) is 5.38. The van der Waals surface area contributed by atoms with Crippen molar-refractivity contribution in [3.8, 4) is 0 Å². The molecule has 1 rings (SSSR count). The van der Waals surface area contributed by atoms with Crippen LogP contribution in [0.5, 0.6) is 0 Å². The zero-order valence-electron chi connectivity index (χ0n) is 13.2. The van der Waals surface area contributed by atoms with E-state index < -0.39 is 0 Å². The number of nitrogens with one attached hydrogen (secondary N) is 1. The van der Waals surface area contributed by atoms with Gasteiger partial charge in [0.1, 0.15) is 0 Å². The highest BCUT2D eigenvalue weighted by Gasteiger charge is 2.29. The van der Waals surface area contributed by atoms with Gasteiger partial charge in [-0.25, -0.2) is 0 Å². The van der Waals surface area contributed by atoms with Gasteiger partial charge in [-0.1, -0.05) is 13.8 Å². The molecule has 2 N–H and O–H groups in total. The molecule has 0 bridgehead atoms. The molecule has 4 heteroatoms. The van der Waals surface area contributed by atoms with Crippen LogP contribution in [0.2, 0.25) is 0 Å². The van der Waals surface area contributed by atoms with Crippen molar-refractivity contribution in [2.24, 2.45) is 0 Å². The summed E-state index contributed by atoms with van der Waals surface area (Å²) >= 11 is 0. The number of ether oxygens (including phenoxy) is 1. The lowest BCUT2D eigenvalue weighted by Gasteiger charge is -2.39. The van der Waals surface area contributed by atoms with E-state index in [1.165, 1.54) is 0 Å². The maximum atomic E-state index is 9.63. The van der Waals surface area contributed by atoms with Crippen molar-refractivity contribution in [1.29, 1.82) is 0 Å². The van der Waals surface area contributed by atoms with Crippen LogP contribution in [0.1, 0.15) is 47.0 Å². The van der Waals surface area contributed by atoms with Crippen LogP contribution in [-0.4, -0.2) is 60.5 Å². The minimum absolute atomic E-state index is 0.0151. The summed E-state index contributed by atoms with van der Waals surface area (Å²) in [6.45, 7) is 13.7. The third-order valence-electron chi connectivity index (χ3n) is 4.17. The van der Waals surface area contributed by atoms with Crippen LogP contribution in [0.4, 0.5) is 0 Å². The van der Waals surface area contributed by atoms with Gasteiger partial charge in [0.05, 0.1) is 18.8 Å². The molecular weight excluding hydrogens is 240 g/mol. The highest BCUT2D eigenvalue weighted by molar-refractivity contribution is 4.86. The zero-order valence-corrected chi connectivity index (χ0v) is 13.2. The number of rotatable bonds is 8. The molecule has 0 aliphatic carbocycles. The van der Waals surface area contributed by atoms with E-state index in [2.05, 4.69) is 37.9 Å². The monoisotopic (exact) mass is 272 g/mol. The fourth-order valence-corrected chi connectivity index (χ4v) is 2.96. The smallest absolute Gasteiger partial charge is 0.0753 e. The normalized spacial score (nSPS) is 23.2. The molecule has 1 saturated heterocycles. The van der Waals surface area contributed by atoms with Crippen molar-refractivity contribution in [2.45, 2.75) is 58.1 Å². The number of morpholine rings is 1. The Morgan fingerprint density at radius 3 is 2.63 bits per heavy atom. The first kappa shape index (κ1) is 16.9. The largest absolute Gasteiger partial charge is 0.394 e. The predicted octanol–water partition coefficient (Wildman–Crippen LogP) is 1.63. The molecule has 1 unspecified atom stereocenters. The molecule has 19 heavy (non-hydrogen) atoms. The van der Waals surface area contributed by atoms with Crippen molar-refractivity contribution in [3.63, 3.8) is 0 Å². The van der Waals surface area contributed by atoms with Crippen LogP contribution in [0, 0.1) is 0 Å². The highest BCUT2D eigenvalue weighted by atomic mass is 16.5. The molecule has 0 aromatic heterocycles. The van der Waals surface area contributed by atoms with Gasteiger partial charge in [-0.2, -0.15) is 0 Å². The average Bonchev–Trinajstić information content (AvgIpc) is 2.36. The van der Waals surface area contributed by atoms with E-state index in [-0.39, 0.29) is 17.7 Å². The molecule has 1 aliphatic heterocycles. The van der Waals surface area contributed by atoms with E-state index >= 15 is 0 Å². The quantitative estimate of drug-likeness (QED) is 0.705. The zero-order chi connectivity index (χ0) is 14.4. The summed E-state index contributed by atoms with van der Waals surface area (Å²) in [5, 5.41) is 13.1. The van der Waals surface area contributed by atoms with Crippen molar-refractivity contribution >= 4 is 0 Å². The van der Waals surface area contributed by atoms with Gasteiger partial charge in [0.25, 0.3) is 0 Å². The van der Waals surface area contributed by atoms with Crippen molar-refractivity contribution < 1.29 is 9.84 Å². The maximum absolute atomic E-state index is 9.63.